The summed E-state index contributed by atoms with van der Waals surface area (Å²) in [4.78, 5) is 16.4. The summed E-state index contributed by atoms with van der Waals surface area (Å²) in [6.45, 7) is 4.29. The first-order valence-electron chi connectivity index (χ1n) is 6.39. The van der Waals surface area contributed by atoms with Gasteiger partial charge in [0.15, 0.2) is 0 Å². The number of benzene rings is 1. The number of likely N-dealkylation sites (N-methyl/N-ethyl adjacent to an activating group) is 1. The molecule has 4 heteroatoms. The predicted octanol–water partition coefficient (Wildman–Crippen LogP) is 1.82. The van der Waals surface area contributed by atoms with E-state index in [4.69, 9.17) is 0 Å². The molecular weight excluding hydrogens is 238 g/mol. The second-order valence-corrected chi connectivity index (χ2v) is 4.65. The first kappa shape index (κ1) is 13.5. The normalized spacial score (nSPS) is 12.4. The topological polar surface area (TPSA) is 46.9 Å². The number of nitrogens with zero attached hydrogens (tertiary/aromatic N) is 2. The Morgan fingerprint density at radius 3 is 2.53 bits per heavy atom. The molecule has 1 atom stereocenters. The van der Waals surface area contributed by atoms with Gasteiger partial charge in [-0.15, -0.1) is 0 Å². The fraction of sp³-hybridized carbons (Fsp3) is 0.333. The average Bonchev–Trinajstić information content (AvgIpc) is 2.39. The number of nitrogens with one attached hydrogen (secondary N) is 1. The van der Waals surface area contributed by atoms with E-state index in [1.807, 2.05) is 39.1 Å². The van der Waals surface area contributed by atoms with Crippen molar-refractivity contribution in [3.8, 4) is 0 Å². The Morgan fingerprint density at radius 2 is 1.95 bits per heavy atom. The highest BCUT2D eigenvalue weighted by molar-refractivity contribution is 5.19. The highest BCUT2D eigenvalue weighted by Crippen LogP contribution is 2.14. The van der Waals surface area contributed by atoms with Gasteiger partial charge in [0.1, 0.15) is 5.82 Å². The van der Waals surface area contributed by atoms with Gasteiger partial charge in [0.2, 0.25) is 0 Å². The zero-order chi connectivity index (χ0) is 13.8. The summed E-state index contributed by atoms with van der Waals surface area (Å²) in [7, 11) is 1.90. The first-order chi connectivity index (χ1) is 9.11. The fourth-order valence-electron chi connectivity index (χ4n) is 2.22. The van der Waals surface area contributed by atoms with Crippen LogP contribution in [0.5, 0.6) is 0 Å². The molecule has 0 fully saturated rings. The molecule has 1 aromatic heterocycles. The highest BCUT2D eigenvalue weighted by atomic mass is 16.1. The third-order valence-corrected chi connectivity index (χ3v) is 3.24. The molecule has 0 spiro atoms. The second-order valence-electron chi connectivity index (χ2n) is 4.65. The number of hydrogen-bond acceptors (Lipinski definition) is 3. The van der Waals surface area contributed by atoms with Gasteiger partial charge in [0.05, 0.1) is 6.04 Å². The van der Waals surface area contributed by atoms with E-state index in [0.717, 1.165) is 17.1 Å². The standard InChI is InChI=1S/C15H19N3O/c1-11-9-15(19)18(12(2)17-11)10-14(16-3)13-7-5-4-6-8-13/h4-9,14,16H,10H2,1-3H3. The second kappa shape index (κ2) is 5.80. The van der Waals surface area contributed by atoms with Crippen LogP contribution < -0.4 is 10.9 Å². The third-order valence-electron chi connectivity index (χ3n) is 3.24. The van der Waals surface area contributed by atoms with Gasteiger partial charge in [0, 0.05) is 18.3 Å². The van der Waals surface area contributed by atoms with Crippen molar-refractivity contribution in [2.24, 2.45) is 0 Å². The number of aromatic nitrogens is 2. The lowest BCUT2D eigenvalue weighted by Crippen LogP contribution is -2.30. The summed E-state index contributed by atoms with van der Waals surface area (Å²) in [6, 6.07) is 11.8. The SMILES string of the molecule is CNC(Cn1c(C)nc(C)cc1=O)c1ccccc1. The molecular formula is C15H19N3O. The lowest BCUT2D eigenvalue weighted by molar-refractivity contribution is 0.477. The van der Waals surface area contributed by atoms with Gasteiger partial charge >= 0.3 is 0 Å². The van der Waals surface area contributed by atoms with E-state index in [1.165, 1.54) is 0 Å². The minimum atomic E-state index is 0.00109. The Morgan fingerprint density at radius 1 is 1.26 bits per heavy atom. The molecule has 0 bridgehead atoms. The molecule has 0 saturated carbocycles. The average molecular weight is 257 g/mol. The molecule has 1 aromatic carbocycles. The molecule has 0 amide bonds. The van der Waals surface area contributed by atoms with Crippen LogP contribution in [-0.4, -0.2) is 16.6 Å². The summed E-state index contributed by atoms with van der Waals surface area (Å²) in [5.41, 5.74) is 1.93. The Bertz CT molecular complexity index is 605. The summed E-state index contributed by atoms with van der Waals surface area (Å²) >= 11 is 0. The van der Waals surface area contributed by atoms with Gasteiger partial charge < -0.3 is 5.32 Å². The number of aryl methyl sites for hydroxylation is 2. The van der Waals surface area contributed by atoms with Crippen molar-refractivity contribution in [1.82, 2.24) is 14.9 Å². The van der Waals surface area contributed by atoms with Crippen molar-refractivity contribution in [3.63, 3.8) is 0 Å². The molecule has 0 aliphatic rings. The molecule has 1 unspecified atom stereocenters. The Labute approximate surface area is 113 Å². The molecule has 2 aromatic rings. The zero-order valence-electron chi connectivity index (χ0n) is 11.6. The van der Waals surface area contributed by atoms with Gasteiger partial charge in [0.25, 0.3) is 5.56 Å². The maximum absolute atomic E-state index is 12.0. The summed E-state index contributed by atoms with van der Waals surface area (Å²) < 4.78 is 1.71. The van der Waals surface area contributed by atoms with Crippen molar-refractivity contribution < 1.29 is 0 Å². The molecule has 1 heterocycles. The first-order valence-corrected chi connectivity index (χ1v) is 6.39. The molecule has 4 nitrogen and oxygen atoms in total. The van der Waals surface area contributed by atoms with Crippen LogP contribution in [0.3, 0.4) is 0 Å². The van der Waals surface area contributed by atoms with E-state index in [1.54, 1.807) is 10.6 Å². The van der Waals surface area contributed by atoms with Crippen LogP contribution >= 0.6 is 0 Å². The number of hydrogen-bond donors (Lipinski definition) is 1. The molecule has 2 rings (SSSR count). The van der Waals surface area contributed by atoms with Gasteiger partial charge in [-0.3, -0.25) is 9.36 Å². The monoisotopic (exact) mass is 257 g/mol. The maximum Gasteiger partial charge on any atom is 0.253 e. The van der Waals surface area contributed by atoms with Crippen LogP contribution in [0.2, 0.25) is 0 Å². The Balaban J connectivity index is 2.32. The molecule has 19 heavy (non-hydrogen) atoms. The highest BCUT2D eigenvalue weighted by Gasteiger charge is 2.12. The third kappa shape index (κ3) is 3.09. The van der Waals surface area contributed by atoms with Gasteiger partial charge in [-0.2, -0.15) is 0 Å². The largest absolute Gasteiger partial charge is 0.312 e. The minimum Gasteiger partial charge on any atom is -0.312 e. The van der Waals surface area contributed by atoms with Crippen molar-refractivity contribution in [3.05, 3.63) is 63.8 Å². The predicted molar refractivity (Wildman–Crippen MR) is 76.2 cm³/mol. The van der Waals surface area contributed by atoms with Crippen molar-refractivity contribution in [2.75, 3.05) is 7.05 Å². The van der Waals surface area contributed by atoms with Crippen LogP contribution in [0, 0.1) is 13.8 Å². The molecule has 0 radical (unpaired) electrons. The van der Waals surface area contributed by atoms with Crippen LogP contribution in [0.4, 0.5) is 0 Å². The van der Waals surface area contributed by atoms with Gasteiger partial charge in [-0.1, -0.05) is 30.3 Å². The quantitative estimate of drug-likeness (QED) is 0.909. The smallest absolute Gasteiger partial charge is 0.253 e. The Hall–Kier alpha value is -1.94. The van der Waals surface area contributed by atoms with E-state index in [-0.39, 0.29) is 11.6 Å². The van der Waals surface area contributed by atoms with Crippen LogP contribution in [0.15, 0.2) is 41.2 Å². The molecule has 0 aliphatic carbocycles. The van der Waals surface area contributed by atoms with E-state index in [0.29, 0.717) is 6.54 Å². The molecule has 0 aliphatic heterocycles. The summed E-state index contributed by atoms with van der Waals surface area (Å²) in [5.74, 6) is 0.751. The summed E-state index contributed by atoms with van der Waals surface area (Å²) in [5, 5.41) is 3.25. The number of rotatable bonds is 4. The van der Waals surface area contributed by atoms with Crippen LogP contribution in [0.25, 0.3) is 0 Å². The fourth-order valence-corrected chi connectivity index (χ4v) is 2.22. The van der Waals surface area contributed by atoms with E-state index >= 15 is 0 Å². The van der Waals surface area contributed by atoms with E-state index in [2.05, 4.69) is 22.4 Å². The molecule has 0 saturated heterocycles. The van der Waals surface area contributed by atoms with Gasteiger partial charge in [-0.05, 0) is 26.5 Å². The molecule has 100 valence electrons. The van der Waals surface area contributed by atoms with Crippen molar-refractivity contribution >= 4 is 0 Å². The Kier molecular flexibility index (Phi) is 4.12. The van der Waals surface area contributed by atoms with Crippen molar-refractivity contribution in [1.29, 1.82) is 0 Å². The van der Waals surface area contributed by atoms with Crippen molar-refractivity contribution in [2.45, 2.75) is 26.4 Å². The van der Waals surface area contributed by atoms with E-state index < -0.39 is 0 Å². The molecule has 1 N–H and O–H groups in total. The van der Waals surface area contributed by atoms with E-state index in [9.17, 15) is 4.79 Å². The van der Waals surface area contributed by atoms with Crippen LogP contribution in [0.1, 0.15) is 23.1 Å². The summed E-state index contributed by atoms with van der Waals surface area (Å²) in [6.07, 6.45) is 0. The lowest BCUT2D eigenvalue weighted by atomic mass is 10.1. The zero-order valence-corrected chi connectivity index (χ0v) is 11.6. The van der Waals surface area contributed by atoms with Crippen LogP contribution in [-0.2, 0) is 6.54 Å². The minimum absolute atomic E-state index is 0.00109. The maximum atomic E-state index is 12.0. The van der Waals surface area contributed by atoms with Gasteiger partial charge in [-0.25, -0.2) is 4.98 Å². The lowest BCUT2D eigenvalue weighted by Gasteiger charge is -2.19.